The van der Waals surface area contributed by atoms with Gasteiger partial charge in [0.25, 0.3) is 0 Å². The molecule has 0 aromatic heterocycles. The van der Waals surface area contributed by atoms with Crippen molar-refractivity contribution in [2.75, 3.05) is 6.61 Å². The Hall–Kier alpha value is -1.10. The van der Waals surface area contributed by atoms with Gasteiger partial charge in [-0.1, -0.05) is 19.8 Å². The lowest BCUT2D eigenvalue weighted by Gasteiger charge is -2.17. The van der Waals surface area contributed by atoms with Crippen LogP contribution in [0.25, 0.3) is 0 Å². The zero-order valence-electron chi connectivity index (χ0n) is 9.70. The van der Waals surface area contributed by atoms with Gasteiger partial charge < -0.3 is 15.8 Å². The summed E-state index contributed by atoms with van der Waals surface area (Å²) in [6.07, 6.45) is 3.67. The van der Waals surface area contributed by atoms with E-state index in [1.54, 1.807) is 0 Å². The molecular formula is C11H20N2O3. The molecule has 1 aliphatic heterocycles. The molecule has 92 valence electrons. The van der Waals surface area contributed by atoms with Crippen LogP contribution in [0.3, 0.4) is 0 Å². The molecule has 0 aliphatic carbocycles. The summed E-state index contributed by atoms with van der Waals surface area (Å²) in [5, 5.41) is 2.65. The molecule has 0 saturated carbocycles. The Morgan fingerprint density at radius 1 is 1.56 bits per heavy atom. The molecule has 0 aromatic carbocycles. The number of unbranched alkanes of at least 4 members (excludes halogenated alkanes) is 1. The maximum atomic E-state index is 11.7. The standard InChI is InChI=1S/C11H20N2O3/c1-2-3-5-8(10(12)14)13-11(15)9-6-4-7-16-9/h8-9H,2-7H2,1H3,(H2,12,14)(H,13,15)/t8-,9-/m0/s1. The molecule has 1 saturated heterocycles. The Balaban J connectivity index is 2.40. The first kappa shape index (κ1) is 13.0. The van der Waals surface area contributed by atoms with Gasteiger partial charge in [-0.25, -0.2) is 0 Å². The maximum absolute atomic E-state index is 11.7. The lowest BCUT2D eigenvalue weighted by atomic mass is 10.1. The monoisotopic (exact) mass is 228 g/mol. The number of amides is 2. The number of primary amides is 1. The van der Waals surface area contributed by atoms with Crippen molar-refractivity contribution < 1.29 is 14.3 Å². The zero-order chi connectivity index (χ0) is 12.0. The van der Waals surface area contributed by atoms with Crippen molar-refractivity contribution in [1.29, 1.82) is 0 Å². The second-order valence-corrected chi connectivity index (χ2v) is 4.11. The number of ether oxygens (including phenoxy) is 1. The fourth-order valence-corrected chi connectivity index (χ4v) is 1.74. The first-order valence-corrected chi connectivity index (χ1v) is 5.86. The average molecular weight is 228 g/mol. The second-order valence-electron chi connectivity index (χ2n) is 4.11. The van der Waals surface area contributed by atoms with Crippen molar-refractivity contribution in [3.63, 3.8) is 0 Å². The van der Waals surface area contributed by atoms with Crippen LogP contribution in [0.4, 0.5) is 0 Å². The Bertz CT molecular complexity index is 250. The van der Waals surface area contributed by atoms with E-state index in [0.717, 1.165) is 25.7 Å². The van der Waals surface area contributed by atoms with Crippen molar-refractivity contribution in [3.8, 4) is 0 Å². The second kappa shape index (κ2) is 6.48. The van der Waals surface area contributed by atoms with Crippen LogP contribution in [0, 0.1) is 0 Å². The van der Waals surface area contributed by atoms with Crippen LogP contribution in [0.2, 0.25) is 0 Å². The zero-order valence-corrected chi connectivity index (χ0v) is 9.70. The predicted molar refractivity (Wildman–Crippen MR) is 59.6 cm³/mol. The molecule has 0 radical (unpaired) electrons. The molecule has 2 atom stereocenters. The van der Waals surface area contributed by atoms with Crippen LogP contribution < -0.4 is 11.1 Å². The topological polar surface area (TPSA) is 81.4 Å². The number of nitrogens with one attached hydrogen (secondary N) is 1. The van der Waals surface area contributed by atoms with E-state index in [9.17, 15) is 9.59 Å². The highest BCUT2D eigenvalue weighted by atomic mass is 16.5. The van der Waals surface area contributed by atoms with Crippen molar-refractivity contribution >= 4 is 11.8 Å². The SMILES string of the molecule is CCCC[C@H](NC(=O)[C@@H]1CCCO1)C(N)=O. The normalized spacial score (nSPS) is 21.7. The predicted octanol–water partition coefficient (Wildman–Crippen LogP) is 0.326. The molecular weight excluding hydrogens is 208 g/mol. The summed E-state index contributed by atoms with van der Waals surface area (Å²) in [5.41, 5.74) is 5.23. The van der Waals surface area contributed by atoms with Crippen LogP contribution in [0.15, 0.2) is 0 Å². The molecule has 1 aliphatic rings. The molecule has 0 unspecified atom stereocenters. The fourth-order valence-electron chi connectivity index (χ4n) is 1.74. The van der Waals surface area contributed by atoms with Crippen LogP contribution >= 0.6 is 0 Å². The molecule has 0 bridgehead atoms. The van der Waals surface area contributed by atoms with Gasteiger partial charge in [-0.15, -0.1) is 0 Å². The number of rotatable bonds is 6. The molecule has 16 heavy (non-hydrogen) atoms. The number of carbonyl (C=O) groups is 2. The molecule has 5 nitrogen and oxygen atoms in total. The highest BCUT2D eigenvalue weighted by Gasteiger charge is 2.26. The van der Waals surface area contributed by atoms with Gasteiger partial charge >= 0.3 is 0 Å². The summed E-state index contributed by atoms with van der Waals surface area (Å²) in [7, 11) is 0. The van der Waals surface area contributed by atoms with Gasteiger partial charge in [0.05, 0.1) is 0 Å². The highest BCUT2D eigenvalue weighted by molar-refractivity contribution is 5.88. The van der Waals surface area contributed by atoms with Crippen molar-refractivity contribution in [3.05, 3.63) is 0 Å². The largest absolute Gasteiger partial charge is 0.368 e. The van der Waals surface area contributed by atoms with Gasteiger partial charge in [0.15, 0.2) is 0 Å². The number of hydrogen-bond donors (Lipinski definition) is 2. The smallest absolute Gasteiger partial charge is 0.249 e. The quantitative estimate of drug-likeness (QED) is 0.687. The minimum Gasteiger partial charge on any atom is -0.368 e. The van der Waals surface area contributed by atoms with Gasteiger partial charge in [0, 0.05) is 6.61 Å². The van der Waals surface area contributed by atoms with Crippen LogP contribution in [0.5, 0.6) is 0 Å². The van der Waals surface area contributed by atoms with Gasteiger partial charge in [0.2, 0.25) is 11.8 Å². The first-order chi connectivity index (χ1) is 7.65. The third-order valence-electron chi connectivity index (χ3n) is 2.73. The molecule has 0 aromatic rings. The van der Waals surface area contributed by atoms with Gasteiger partial charge in [-0.2, -0.15) is 0 Å². The molecule has 5 heteroatoms. The van der Waals surface area contributed by atoms with Gasteiger partial charge in [-0.05, 0) is 19.3 Å². The molecule has 1 rings (SSSR count). The number of hydrogen-bond acceptors (Lipinski definition) is 3. The van der Waals surface area contributed by atoms with E-state index < -0.39 is 18.1 Å². The van der Waals surface area contributed by atoms with E-state index in [0.29, 0.717) is 13.0 Å². The Kier molecular flexibility index (Phi) is 5.25. The minimum absolute atomic E-state index is 0.211. The lowest BCUT2D eigenvalue weighted by Crippen LogP contribution is -2.47. The molecule has 1 fully saturated rings. The molecule has 0 spiro atoms. The highest BCUT2D eigenvalue weighted by Crippen LogP contribution is 2.12. The van der Waals surface area contributed by atoms with Crippen LogP contribution in [0.1, 0.15) is 39.0 Å². The van der Waals surface area contributed by atoms with E-state index in [-0.39, 0.29) is 5.91 Å². The fraction of sp³-hybridized carbons (Fsp3) is 0.818. The van der Waals surface area contributed by atoms with Crippen molar-refractivity contribution in [2.24, 2.45) is 5.73 Å². The van der Waals surface area contributed by atoms with E-state index in [2.05, 4.69) is 5.32 Å². The van der Waals surface area contributed by atoms with Gasteiger partial charge in [0.1, 0.15) is 12.1 Å². The van der Waals surface area contributed by atoms with Crippen LogP contribution in [-0.4, -0.2) is 30.6 Å². The Labute approximate surface area is 95.7 Å². The van der Waals surface area contributed by atoms with Crippen LogP contribution in [-0.2, 0) is 14.3 Å². The maximum Gasteiger partial charge on any atom is 0.249 e. The van der Waals surface area contributed by atoms with Gasteiger partial charge in [-0.3, -0.25) is 9.59 Å². The average Bonchev–Trinajstić information content (AvgIpc) is 2.76. The summed E-state index contributed by atoms with van der Waals surface area (Å²) in [5.74, 6) is -0.683. The molecule has 1 heterocycles. The summed E-state index contributed by atoms with van der Waals surface area (Å²) in [6, 6.07) is -0.559. The third kappa shape index (κ3) is 3.81. The Morgan fingerprint density at radius 3 is 2.81 bits per heavy atom. The van der Waals surface area contributed by atoms with E-state index in [1.807, 2.05) is 6.92 Å². The lowest BCUT2D eigenvalue weighted by molar-refractivity contribution is -0.133. The molecule has 3 N–H and O–H groups in total. The van der Waals surface area contributed by atoms with E-state index in [4.69, 9.17) is 10.5 Å². The van der Waals surface area contributed by atoms with E-state index in [1.165, 1.54) is 0 Å². The Morgan fingerprint density at radius 2 is 2.31 bits per heavy atom. The third-order valence-corrected chi connectivity index (χ3v) is 2.73. The van der Waals surface area contributed by atoms with E-state index >= 15 is 0 Å². The number of nitrogens with two attached hydrogens (primary N) is 1. The summed E-state index contributed by atoms with van der Waals surface area (Å²) >= 11 is 0. The molecule has 2 amide bonds. The summed E-state index contributed by atoms with van der Waals surface area (Å²) in [6.45, 7) is 2.65. The van der Waals surface area contributed by atoms with Crippen molar-refractivity contribution in [2.45, 2.75) is 51.2 Å². The minimum atomic E-state index is -0.559. The first-order valence-electron chi connectivity index (χ1n) is 5.86. The summed E-state index contributed by atoms with van der Waals surface area (Å²) < 4.78 is 5.24. The number of carbonyl (C=O) groups excluding carboxylic acids is 2. The summed E-state index contributed by atoms with van der Waals surface area (Å²) in [4.78, 5) is 22.8. The van der Waals surface area contributed by atoms with Crippen molar-refractivity contribution in [1.82, 2.24) is 5.32 Å².